The second-order valence-electron chi connectivity index (χ2n) is 4.52. The molecule has 4 heteroatoms. The maximum absolute atomic E-state index is 11.2. The van der Waals surface area contributed by atoms with Crippen molar-refractivity contribution in [3.05, 3.63) is 29.8 Å². The molecule has 1 rings (SSSR count). The Hall–Kier alpha value is -1.71. The highest BCUT2D eigenvalue weighted by Crippen LogP contribution is 2.11. The average molecular weight is 223 g/mol. The van der Waals surface area contributed by atoms with Crippen molar-refractivity contribution in [1.82, 2.24) is 5.48 Å². The molecule has 0 aliphatic rings. The largest absolute Gasteiger partial charge is 0.442 e. The predicted molar refractivity (Wildman–Crippen MR) is 61.2 cm³/mol. The van der Waals surface area contributed by atoms with Crippen molar-refractivity contribution < 1.29 is 14.4 Å². The van der Waals surface area contributed by atoms with Gasteiger partial charge in [0.25, 0.3) is 0 Å². The fourth-order valence-electron chi connectivity index (χ4n) is 1.01. The van der Waals surface area contributed by atoms with Crippen LogP contribution in [0.3, 0.4) is 0 Å². The van der Waals surface area contributed by atoms with E-state index in [1.54, 1.807) is 32.9 Å². The first-order chi connectivity index (χ1) is 7.37. The van der Waals surface area contributed by atoms with Crippen LogP contribution in [0.5, 0.6) is 5.75 Å². The molecule has 0 spiro atoms. The lowest BCUT2D eigenvalue weighted by molar-refractivity contribution is 0.0287. The fraction of sp³-hybridized carbons (Fsp3) is 0.417. The Balaban J connectivity index is 2.40. The highest BCUT2D eigenvalue weighted by atomic mass is 16.7. The third kappa shape index (κ3) is 4.68. The van der Waals surface area contributed by atoms with Crippen LogP contribution in [-0.2, 0) is 4.74 Å². The Labute approximate surface area is 95.5 Å². The van der Waals surface area contributed by atoms with Crippen molar-refractivity contribution in [2.45, 2.75) is 33.3 Å². The summed E-state index contributed by atoms with van der Waals surface area (Å²) in [6, 6.07) is 7.33. The molecule has 0 unspecified atom stereocenters. The van der Waals surface area contributed by atoms with Gasteiger partial charge in [0.15, 0.2) is 5.75 Å². The van der Waals surface area contributed by atoms with Crippen LogP contribution < -0.4 is 10.3 Å². The second-order valence-corrected chi connectivity index (χ2v) is 4.52. The van der Waals surface area contributed by atoms with E-state index in [-0.39, 0.29) is 0 Å². The number of nitrogens with one attached hydrogen (secondary N) is 1. The summed E-state index contributed by atoms with van der Waals surface area (Å²) in [5, 5.41) is 0. The van der Waals surface area contributed by atoms with Crippen molar-refractivity contribution in [3.8, 4) is 5.75 Å². The molecule has 1 aromatic carbocycles. The number of hydrogen-bond acceptors (Lipinski definition) is 3. The molecule has 0 saturated carbocycles. The van der Waals surface area contributed by atoms with Crippen molar-refractivity contribution in [2.75, 3.05) is 0 Å². The Morgan fingerprint density at radius 1 is 1.19 bits per heavy atom. The topological polar surface area (TPSA) is 47.6 Å². The fourth-order valence-corrected chi connectivity index (χ4v) is 1.01. The summed E-state index contributed by atoms with van der Waals surface area (Å²) < 4.78 is 5.01. The molecule has 1 amide bonds. The number of rotatable bonds is 2. The molecule has 0 aliphatic heterocycles. The number of benzene rings is 1. The van der Waals surface area contributed by atoms with E-state index in [1.807, 2.05) is 19.1 Å². The van der Waals surface area contributed by atoms with E-state index in [9.17, 15) is 4.79 Å². The van der Waals surface area contributed by atoms with Gasteiger partial charge in [-0.3, -0.25) is 0 Å². The van der Waals surface area contributed by atoms with E-state index in [4.69, 9.17) is 9.57 Å². The number of ether oxygens (including phenoxy) is 1. The maximum atomic E-state index is 11.2. The number of carbonyl (C=O) groups is 1. The summed E-state index contributed by atoms with van der Waals surface area (Å²) in [5.74, 6) is 0.566. The molecule has 4 nitrogen and oxygen atoms in total. The molecule has 16 heavy (non-hydrogen) atoms. The van der Waals surface area contributed by atoms with Gasteiger partial charge < -0.3 is 9.57 Å². The van der Waals surface area contributed by atoms with Gasteiger partial charge in [0.2, 0.25) is 0 Å². The molecule has 0 saturated heterocycles. The van der Waals surface area contributed by atoms with Crippen LogP contribution in [0.2, 0.25) is 0 Å². The highest BCUT2D eigenvalue weighted by molar-refractivity contribution is 5.66. The van der Waals surface area contributed by atoms with E-state index in [0.717, 1.165) is 5.56 Å². The lowest BCUT2D eigenvalue weighted by Gasteiger charge is -2.19. The average Bonchev–Trinajstić information content (AvgIpc) is 2.14. The summed E-state index contributed by atoms with van der Waals surface area (Å²) in [4.78, 5) is 16.3. The minimum atomic E-state index is -0.604. The third-order valence-electron chi connectivity index (χ3n) is 1.67. The van der Waals surface area contributed by atoms with Gasteiger partial charge in [-0.2, -0.15) is 5.48 Å². The molecule has 0 bridgehead atoms. The predicted octanol–water partition coefficient (Wildman–Crippen LogP) is 2.81. The lowest BCUT2D eigenvalue weighted by Crippen LogP contribution is -2.34. The summed E-state index contributed by atoms with van der Waals surface area (Å²) >= 11 is 0. The van der Waals surface area contributed by atoms with Crippen molar-refractivity contribution >= 4 is 6.09 Å². The zero-order valence-electron chi connectivity index (χ0n) is 10.0. The van der Waals surface area contributed by atoms with Gasteiger partial charge >= 0.3 is 6.09 Å². The van der Waals surface area contributed by atoms with Crippen LogP contribution in [-0.4, -0.2) is 11.7 Å². The molecule has 0 fully saturated rings. The quantitative estimate of drug-likeness (QED) is 0.784. The van der Waals surface area contributed by atoms with E-state index in [1.165, 1.54) is 0 Å². The van der Waals surface area contributed by atoms with Gasteiger partial charge in [-0.25, -0.2) is 4.79 Å². The first-order valence-electron chi connectivity index (χ1n) is 5.09. The normalized spacial score (nSPS) is 10.8. The summed E-state index contributed by atoms with van der Waals surface area (Å²) in [5.41, 5.74) is 2.82. The molecule has 88 valence electrons. The zero-order valence-corrected chi connectivity index (χ0v) is 10.0. The van der Waals surface area contributed by atoms with Crippen LogP contribution in [0.25, 0.3) is 0 Å². The van der Waals surface area contributed by atoms with Gasteiger partial charge in [-0.15, -0.1) is 0 Å². The van der Waals surface area contributed by atoms with Crippen molar-refractivity contribution in [1.29, 1.82) is 0 Å². The minimum absolute atomic E-state index is 0.527. The number of amides is 1. The van der Waals surface area contributed by atoms with Crippen molar-refractivity contribution in [3.63, 3.8) is 0 Å². The Bertz CT molecular complexity index is 352. The summed E-state index contributed by atoms with van der Waals surface area (Å²) in [6.07, 6.45) is -0.604. The van der Waals surface area contributed by atoms with Crippen LogP contribution in [0.15, 0.2) is 24.3 Å². The number of hydroxylamine groups is 1. The summed E-state index contributed by atoms with van der Waals surface area (Å²) in [6.45, 7) is 7.35. The first-order valence-corrected chi connectivity index (χ1v) is 5.09. The van der Waals surface area contributed by atoms with E-state index in [2.05, 4.69) is 5.48 Å². The SMILES string of the molecule is Cc1ccc(ONC(=O)OC(C)(C)C)cc1. The summed E-state index contributed by atoms with van der Waals surface area (Å²) in [7, 11) is 0. The molecule has 0 atom stereocenters. The van der Waals surface area contributed by atoms with Gasteiger partial charge in [0.1, 0.15) is 5.60 Å². The van der Waals surface area contributed by atoms with Gasteiger partial charge in [-0.05, 0) is 39.8 Å². The van der Waals surface area contributed by atoms with E-state index in [0.29, 0.717) is 5.75 Å². The first kappa shape index (κ1) is 12.4. The number of aryl methyl sites for hydroxylation is 1. The highest BCUT2D eigenvalue weighted by Gasteiger charge is 2.16. The lowest BCUT2D eigenvalue weighted by atomic mass is 10.2. The number of carbonyl (C=O) groups excluding carboxylic acids is 1. The Morgan fingerprint density at radius 3 is 2.25 bits per heavy atom. The van der Waals surface area contributed by atoms with Crippen LogP contribution in [0.4, 0.5) is 4.79 Å². The van der Waals surface area contributed by atoms with E-state index >= 15 is 0 Å². The standard InChI is InChI=1S/C12H17NO3/c1-9-5-7-10(8-6-9)16-13-11(14)15-12(2,3)4/h5-8H,1-4H3,(H,13,14). The van der Waals surface area contributed by atoms with Crippen molar-refractivity contribution in [2.24, 2.45) is 0 Å². The minimum Gasteiger partial charge on any atom is -0.442 e. The van der Waals surface area contributed by atoms with Crippen LogP contribution in [0, 0.1) is 6.92 Å². The van der Waals surface area contributed by atoms with Gasteiger partial charge in [0.05, 0.1) is 0 Å². The molecule has 1 N–H and O–H groups in total. The molecule has 0 aromatic heterocycles. The van der Waals surface area contributed by atoms with E-state index < -0.39 is 11.7 Å². The molecular formula is C12H17NO3. The smallest absolute Gasteiger partial charge is 0.441 e. The van der Waals surface area contributed by atoms with Crippen LogP contribution >= 0.6 is 0 Å². The second kappa shape index (κ2) is 4.88. The molecule has 0 radical (unpaired) electrons. The third-order valence-corrected chi connectivity index (χ3v) is 1.67. The monoisotopic (exact) mass is 223 g/mol. The maximum Gasteiger partial charge on any atom is 0.441 e. The molecular weight excluding hydrogens is 206 g/mol. The van der Waals surface area contributed by atoms with Gasteiger partial charge in [0, 0.05) is 0 Å². The Morgan fingerprint density at radius 2 is 1.75 bits per heavy atom. The molecule has 1 aromatic rings. The molecule has 0 aliphatic carbocycles. The van der Waals surface area contributed by atoms with Crippen LogP contribution in [0.1, 0.15) is 26.3 Å². The van der Waals surface area contributed by atoms with Gasteiger partial charge in [-0.1, -0.05) is 17.7 Å². The zero-order chi connectivity index (χ0) is 12.2. The molecule has 0 heterocycles. The number of hydrogen-bond donors (Lipinski definition) is 1. The Kier molecular flexibility index (Phi) is 3.77.